The van der Waals surface area contributed by atoms with Gasteiger partial charge in [-0.15, -0.1) is 0 Å². The Balaban J connectivity index is 1.94. The number of nitrogens with zero attached hydrogens (tertiary/aromatic N) is 1. The van der Waals surface area contributed by atoms with E-state index in [2.05, 4.69) is 5.32 Å². The van der Waals surface area contributed by atoms with Gasteiger partial charge in [0, 0.05) is 6.54 Å². The SMILES string of the molecule is CCOc1ccccc1N1C(=O)OC2CCNCC21. The highest BCUT2D eigenvalue weighted by molar-refractivity contribution is 5.92. The average molecular weight is 262 g/mol. The van der Waals surface area contributed by atoms with Gasteiger partial charge in [-0.05, 0) is 32.0 Å². The number of benzene rings is 1. The fourth-order valence-corrected chi connectivity index (χ4v) is 2.75. The van der Waals surface area contributed by atoms with Crippen molar-refractivity contribution in [1.29, 1.82) is 0 Å². The zero-order valence-corrected chi connectivity index (χ0v) is 11.0. The van der Waals surface area contributed by atoms with Crippen molar-refractivity contribution in [1.82, 2.24) is 5.32 Å². The second kappa shape index (κ2) is 5.09. The first kappa shape index (κ1) is 12.3. The van der Waals surface area contributed by atoms with Crippen molar-refractivity contribution >= 4 is 11.8 Å². The van der Waals surface area contributed by atoms with Gasteiger partial charge in [0.1, 0.15) is 11.9 Å². The van der Waals surface area contributed by atoms with E-state index in [9.17, 15) is 4.79 Å². The van der Waals surface area contributed by atoms with E-state index in [1.807, 2.05) is 31.2 Å². The number of hydrogen-bond acceptors (Lipinski definition) is 4. The molecule has 5 heteroatoms. The normalized spacial score (nSPS) is 25.9. The van der Waals surface area contributed by atoms with Crippen LogP contribution >= 0.6 is 0 Å². The summed E-state index contributed by atoms with van der Waals surface area (Å²) in [6.45, 7) is 4.17. The zero-order valence-electron chi connectivity index (χ0n) is 11.0. The van der Waals surface area contributed by atoms with Crippen LogP contribution in [0.2, 0.25) is 0 Å². The summed E-state index contributed by atoms with van der Waals surface area (Å²) in [5.41, 5.74) is 0.797. The van der Waals surface area contributed by atoms with Gasteiger partial charge >= 0.3 is 6.09 Å². The minimum atomic E-state index is -0.272. The molecule has 1 aromatic rings. The maximum Gasteiger partial charge on any atom is 0.415 e. The lowest BCUT2D eigenvalue weighted by Gasteiger charge is -2.29. The lowest BCUT2D eigenvalue weighted by atomic mass is 10.0. The van der Waals surface area contributed by atoms with Crippen LogP contribution in [0.25, 0.3) is 0 Å². The molecule has 1 N–H and O–H groups in total. The van der Waals surface area contributed by atoms with Gasteiger partial charge in [0.25, 0.3) is 0 Å². The summed E-state index contributed by atoms with van der Waals surface area (Å²) in [5.74, 6) is 0.730. The minimum absolute atomic E-state index is 0.0107. The molecule has 2 aliphatic rings. The highest BCUT2D eigenvalue weighted by Crippen LogP contribution is 2.35. The molecule has 0 radical (unpaired) electrons. The Bertz CT molecular complexity index is 478. The summed E-state index contributed by atoms with van der Waals surface area (Å²) < 4.78 is 11.1. The second-order valence-corrected chi connectivity index (χ2v) is 4.75. The molecule has 19 heavy (non-hydrogen) atoms. The van der Waals surface area contributed by atoms with Crippen LogP contribution in [0.1, 0.15) is 13.3 Å². The topological polar surface area (TPSA) is 50.8 Å². The van der Waals surface area contributed by atoms with Crippen LogP contribution in [0.15, 0.2) is 24.3 Å². The van der Waals surface area contributed by atoms with Crippen LogP contribution in [0, 0.1) is 0 Å². The zero-order chi connectivity index (χ0) is 13.2. The third-order valence-corrected chi connectivity index (χ3v) is 3.59. The van der Waals surface area contributed by atoms with Crippen LogP contribution in [0.4, 0.5) is 10.5 Å². The third-order valence-electron chi connectivity index (χ3n) is 3.59. The van der Waals surface area contributed by atoms with Gasteiger partial charge in [0.15, 0.2) is 0 Å². The van der Waals surface area contributed by atoms with E-state index in [0.717, 1.165) is 30.9 Å². The number of para-hydroxylation sites is 2. The van der Waals surface area contributed by atoms with Gasteiger partial charge in [-0.1, -0.05) is 12.1 Å². The van der Waals surface area contributed by atoms with Crippen molar-refractivity contribution in [3.05, 3.63) is 24.3 Å². The first-order valence-corrected chi connectivity index (χ1v) is 6.73. The quantitative estimate of drug-likeness (QED) is 0.902. The molecule has 0 spiro atoms. The molecular weight excluding hydrogens is 244 g/mol. The molecule has 2 atom stereocenters. The first-order valence-electron chi connectivity index (χ1n) is 6.73. The van der Waals surface area contributed by atoms with Crippen molar-refractivity contribution in [2.24, 2.45) is 0 Å². The molecule has 102 valence electrons. The highest BCUT2D eigenvalue weighted by Gasteiger charge is 2.44. The molecule has 1 amide bonds. The van der Waals surface area contributed by atoms with Crippen molar-refractivity contribution in [3.8, 4) is 5.75 Å². The Labute approximate surface area is 112 Å². The first-order chi connectivity index (χ1) is 9.31. The van der Waals surface area contributed by atoms with E-state index < -0.39 is 0 Å². The van der Waals surface area contributed by atoms with Gasteiger partial charge < -0.3 is 14.8 Å². The van der Waals surface area contributed by atoms with Crippen LogP contribution in [0.5, 0.6) is 5.75 Å². The number of anilines is 1. The number of ether oxygens (including phenoxy) is 2. The van der Waals surface area contributed by atoms with E-state index in [0.29, 0.717) is 6.61 Å². The summed E-state index contributed by atoms with van der Waals surface area (Å²) in [6, 6.07) is 7.67. The highest BCUT2D eigenvalue weighted by atomic mass is 16.6. The number of amides is 1. The molecule has 0 aliphatic carbocycles. The van der Waals surface area contributed by atoms with E-state index in [1.165, 1.54) is 0 Å². The van der Waals surface area contributed by atoms with Gasteiger partial charge in [-0.3, -0.25) is 4.90 Å². The number of rotatable bonds is 3. The summed E-state index contributed by atoms with van der Waals surface area (Å²) in [6.07, 6.45) is 0.582. The maximum atomic E-state index is 12.1. The minimum Gasteiger partial charge on any atom is -0.492 e. The predicted molar refractivity (Wildman–Crippen MR) is 71.6 cm³/mol. The largest absolute Gasteiger partial charge is 0.492 e. The fourth-order valence-electron chi connectivity index (χ4n) is 2.75. The smallest absolute Gasteiger partial charge is 0.415 e. The molecule has 2 unspecified atom stereocenters. The Kier molecular flexibility index (Phi) is 3.29. The lowest BCUT2D eigenvalue weighted by Crippen LogP contribution is -2.49. The molecule has 2 fully saturated rings. The molecule has 5 nitrogen and oxygen atoms in total. The van der Waals surface area contributed by atoms with Gasteiger partial charge in [-0.2, -0.15) is 0 Å². The average Bonchev–Trinajstić information content (AvgIpc) is 2.76. The Morgan fingerprint density at radius 1 is 1.47 bits per heavy atom. The molecule has 3 rings (SSSR count). The van der Waals surface area contributed by atoms with Crippen LogP contribution in [0.3, 0.4) is 0 Å². The number of carbonyl (C=O) groups is 1. The van der Waals surface area contributed by atoms with Gasteiger partial charge in [-0.25, -0.2) is 4.79 Å². The Hall–Kier alpha value is -1.75. The van der Waals surface area contributed by atoms with Crippen molar-refractivity contribution in [2.45, 2.75) is 25.5 Å². The molecule has 2 saturated heterocycles. The van der Waals surface area contributed by atoms with Crippen LogP contribution in [-0.2, 0) is 4.74 Å². The van der Waals surface area contributed by atoms with Gasteiger partial charge in [0.05, 0.1) is 18.3 Å². The maximum absolute atomic E-state index is 12.1. The number of piperidine rings is 1. The molecule has 0 aromatic heterocycles. The van der Waals surface area contributed by atoms with Gasteiger partial charge in [0.2, 0.25) is 0 Å². The lowest BCUT2D eigenvalue weighted by molar-refractivity contribution is 0.117. The van der Waals surface area contributed by atoms with E-state index in [-0.39, 0.29) is 18.2 Å². The Morgan fingerprint density at radius 2 is 2.32 bits per heavy atom. The molecular formula is C14H18N2O3. The summed E-state index contributed by atoms with van der Waals surface area (Å²) in [4.78, 5) is 13.8. The second-order valence-electron chi connectivity index (χ2n) is 4.75. The fraction of sp³-hybridized carbons (Fsp3) is 0.500. The molecule has 0 saturated carbocycles. The molecule has 1 aromatic carbocycles. The van der Waals surface area contributed by atoms with E-state index in [4.69, 9.17) is 9.47 Å². The summed E-state index contributed by atoms with van der Waals surface area (Å²) >= 11 is 0. The molecule has 2 aliphatic heterocycles. The molecule has 0 bridgehead atoms. The van der Waals surface area contributed by atoms with E-state index >= 15 is 0 Å². The number of fused-ring (bicyclic) bond motifs is 1. The van der Waals surface area contributed by atoms with Crippen LogP contribution in [-0.4, -0.2) is 37.9 Å². The third kappa shape index (κ3) is 2.14. The van der Waals surface area contributed by atoms with Crippen molar-refractivity contribution < 1.29 is 14.3 Å². The molecule has 2 heterocycles. The van der Waals surface area contributed by atoms with Crippen molar-refractivity contribution in [3.63, 3.8) is 0 Å². The number of hydrogen-bond donors (Lipinski definition) is 1. The number of carbonyl (C=O) groups excluding carboxylic acids is 1. The Morgan fingerprint density at radius 3 is 3.16 bits per heavy atom. The van der Waals surface area contributed by atoms with Crippen LogP contribution < -0.4 is 15.0 Å². The number of nitrogens with one attached hydrogen (secondary N) is 1. The summed E-state index contributed by atoms with van der Waals surface area (Å²) in [7, 11) is 0. The predicted octanol–water partition coefficient (Wildman–Crippen LogP) is 1.77. The van der Waals surface area contributed by atoms with E-state index in [1.54, 1.807) is 4.90 Å². The van der Waals surface area contributed by atoms with Crippen molar-refractivity contribution in [2.75, 3.05) is 24.6 Å². The summed E-state index contributed by atoms with van der Waals surface area (Å²) in [5, 5.41) is 3.31. The monoisotopic (exact) mass is 262 g/mol. The standard InChI is InChI=1S/C14H18N2O3/c1-2-18-12-6-4-3-5-10(12)16-11-9-15-8-7-13(11)19-14(16)17/h3-6,11,13,15H,2,7-9H2,1H3.